The molecule has 3 heteroatoms. The zero-order valence-corrected chi connectivity index (χ0v) is 11.9. The van der Waals surface area contributed by atoms with E-state index in [0.717, 1.165) is 26.1 Å². The maximum absolute atomic E-state index is 14.0. The van der Waals surface area contributed by atoms with Crippen molar-refractivity contribution in [2.24, 2.45) is 5.73 Å². The Morgan fingerprint density at radius 2 is 1.79 bits per heavy atom. The molecule has 0 spiro atoms. The van der Waals surface area contributed by atoms with Gasteiger partial charge in [0.1, 0.15) is 5.82 Å². The number of nitrogens with zero attached hydrogens (tertiary/aromatic N) is 1. The summed E-state index contributed by atoms with van der Waals surface area (Å²) in [6, 6.07) is 6.94. The molecule has 1 atom stereocenters. The molecule has 106 valence electrons. The second-order valence-corrected chi connectivity index (χ2v) is 5.68. The van der Waals surface area contributed by atoms with Crippen LogP contribution in [-0.4, -0.2) is 24.5 Å². The van der Waals surface area contributed by atoms with Gasteiger partial charge in [-0.25, -0.2) is 4.39 Å². The molecule has 1 heterocycles. The van der Waals surface area contributed by atoms with Crippen LogP contribution in [0.4, 0.5) is 4.39 Å². The minimum absolute atomic E-state index is 0.179. The average molecular weight is 264 g/mol. The molecule has 2 rings (SSSR count). The highest BCUT2D eigenvalue weighted by molar-refractivity contribution is 5.26. The van der Waals surface area contributed by atoms with E-state index in [0.29, 0.717) is 5.56 Å². The summed E-state index contributed by atoms with van der Waals surface area (Å²) < 4.78 is 14.0. The molecule has 2 nitrogen and oxygen atoms in total. The summed E-state index contributed by atoms with van der Waals surface area (Å²) in [6.07, 6.45) is 5.83. The van der Waals surface area contributed by atoms with Crippen LogP contribution in [0.25, 0.3) is 0 Å². The lowest BCUT2D eigenvalue weighted by Crippen LogP contribution is -2.48. The standard InChI is InChI=1S/C16H25FN2/c1-2-16(18,14-9-5-6-10-15(14)17)13-19-11-7-3-4-8-12-19/h5-6,9-10H,2-4,7-8,11-13,18H2,1H3. The lowest BCUT2D eigenvalue weighted by molar-refractivity contribution is 0.206. The zero-order chi connectivity index (χ0) is 13.7. The van der Waals surface area contributed by atoms with E-state index in [1.807, 2.05) is 19.1 Å². The highest BCUT2D eigenvalue weighted by Crippen LogP contribution is 2.26. The normalized spacial score (nSPS) is 20.8. The Hall–Kier alpha value is -0.930. The van der Waals surface area contributed by atoms with E-state index in [4.69, 9.17) is 5.73 Å². The first-order valence-electron chi connectivity index (χ1n) is 7.42. The van der Waals surface area contributed by atoms with Gasteiger partial charge in [-0.05, 0) is 38.4 Å². The highest BCUT2D eigenvalue weighted by atomic mass is 19.1. The number of likely N-dealkylation sites (tertiary alicyclic amines) is 1. The molecular formula is C16H25FN2. The molecule has 1 fully saturated rings. The van der Waals surface area contributed by atoms with Gasteiger partial charge >= 0.3 is 0 Å². The van der Waals surface area contributed by atoms with Gasteiger partial charge in [-0.1, -0.05) is 38.0 Å². The lowest BCUT2D eigenvalue weighted by Gasteiger charge is -2.35. The number of rotatable bonds is 4. The van der Waals surface area contributed by atoms with Gasteiger partial charge in [0.05, 0.1) is 5.54 Å². The van der Waals surface area contributed by atoms with Crippen LogP contribution in [0, 0.1) is 5.82 Å². The summed E-state index contributed by atoms with van der Waals surface area (Å²) in [7, 11) is 0. The van der Waals surface area contributed by atoms with Gasteiger partial charge < -0.3 is 10.6 Å². The molecule has 2 N–H and O–H groups in total. The van der Waals surface area contributed by atoms with Crippen molar-refractivity contribution in [3.8, 4) is 0 Å². The molecule has 1 saturated heterocycles. The Bertz CT molecular complexity index is 399. The van der Waals surface area contributed by atoms with Crippen molar-refractivity contribution in [1.82, 2.24) is 4.90 Å². The van der Waals surface area contributed by atoms with Gasteiger partial charge in [-0.15, -0.1) is 0 Å². The number of hydrogen-bond donors (Lipinski definition) is 1. The highest BCUT2D eigenvalue weighted by Gasteiger charge is 2.30. The van der Waals surface area contributed by atoms with E-state index in [1.54, 1.807) is 6.07 Å². The molecule has 1 aliphatic heterocycles. The third kappa shape index (κ3) is 3.54. The summed E-state index contributed by atoms with van der Waals surface area (Å²) >= 11 is 0. The summed E-state index contributed by atoms with van der Waals surface area (Å²) in [6.45, 7) is 4.98. The van der Waals surface area contributed by atoms with E-state index >= 15 is 0 Å². The van der Waals surface area contributed by atoms with Crippen LogP contribution in [0.3, 0.4) is 0 Å². The topological polar surface area (TPSA) is 29.3 Å². The summed E-state index contributed by atoms with van der Waals surface area (Å²) in [5.41, 5.74) is 6.60. The molecule has 0 radical (unpaired) electrons. The first-order valence-corrected chi connectivity index (χ1v) is 7.42. The molecule has 19 heavy (non-hydrogen) atoms. The van der Waals surface area contributed by atoms with Gasteiger partial charge in [0, 0.05) is 12.1 Å². The molecule has 0 saturated carbocycles. The van der Waals surface area contributed by atoms with E-state index in [9.17, 15) is 4.39 Å². The Morgan fingerprint density at radius 3 is 2.37 bits per heavy atom. The molecular weight excluding hydrogens is 239 g/mol. The minimum Gasteiger partial charge on any atom is -0.320 e. The Kier molecular flexibility index (Phi) is 4.94. The predicted molar refractivity (Wildman–Crippen MR) is 77.5 cm³/mol. The van der Waals surface area contributed by atoms with Crippen LogP contribution in [0.1, 0.15) is 44.6 Å². The average Bonchev–Trinajstić information content (AvgIpc) is 2.67. The number of benzene rings is 1. The minimum atomic E-state index is -0.574. The summed E-state index contributed by atoms with van der Waals surface area (Å²) in [4.78, 5) is 2.41. The van der Waals surface area contributed by atoms with E-state index in [2.05, 4.69) is 4.90 Å². The second kappa shape index (κ2) is 6.49. The predicted octanol–water partition coefficient (Wildman–Crippen LogP) is 3.27. The third-order valence-corrected chi connectivity index (χ3v) is 4.25. The van der Waals surface area contributed by atoms with Crippen molar-refractivity contribution >= 4 is 0 Å². The molecule has 0 bridgehead atoms. The fourth-order valence-corrected chi connectivity index (χ4v) is 2.95. The maximum atomic E-state index is 14.0. The Balaban J connectivity index is 2.15. The molecule has 0 aromatic heterocycles. The van der Waals surface area contributed by atoms with Crippen molar-refractivity contribution in [2.45, 2.75) is 44.6 Å². The second-order valence-electron chi connectivity index (χ2n) is 5.68. The molecule has 1 unspecified atom stereocenters. The molecule has 0 aliphatic carbocycles. The number of nitrogens with two attached hydrogens (primary N) is 1. The van der Waals surface area contributed by atoms with Gasteiger partial charge in [0.15, 0.2) is 0 Å². The fraction of sp³-hybridized carbons (Fsp3) is 0.625. The first kappa shape index (κ1) is 14.5. The largest absolute Gasteiger partial charge is 0.320 e. The van der Waals surface area contributed by atoms with Crippen molar-refractivity contribution < 1.29 is 4.39 Å². The smallest absolute Gasteiger partial charge is 0.128 e. The lowest BCUT2D eigenvalue weighted by atomic mass is 9.87. The van der Waals surface area contributed by atoms with Crippen LogP contribution in [0.5, 0.6) is 0 Å². The van der Waals surface area contributed by atoms with Gasteiger partial charge in [0.2, 0.25) is 0 Å². The zero-order valence-electron chi connectivity index (χ0n) is 11.9. The van der Waals surface area contributed by atoms with Crippen LogP contribution in [-0.2, 0) is 5.54 Å². The van der Waals surface area contributed by atoms with Gasteiger partial charge in [0.25, 0.3) is 0 Å². The Labute approximate surface area is 115 Å². The third-order valence-electron chi connectivity index (χ3n) is 4.25. The number of hydrogen-bond acceptors (Lipinski definition) is 2. The number of halogens is 1. The van der Waals surface area contributed by atoms with Gasteiger partial charge in [-0.2, -0.15) is 0 Å². The maximum Gasteiger partial charge on any atom is 0.128 e. The monoisotopic (exact) mass is 264 g/mol. The molecule has 0 amide bonds. The summed E-state index contributed by atoms with van der Waals surface area (Å²) in [5.74, 6) is -0.179. The van der Waals surface area contributed by atoms with Crippen LogP contribution in [0.15, 0.2) is 24.3 Å². The SMILES string of the molecule is CCC(N)(CN1CCCCCC1)c1ccccc1F. The van der Waals surface area contributed by atoms with Crippen molar-refractivity contribution in [1.29, 1.82) is 0 Å². The van der Waals surface area contributed by atoms with Crippen molar-refractivity contribution in [2.75, 3.05) is 19.6 Å². The molecule has 1 aromatic carbocycles. The van der Waals surface area contributed by atoms with Crippen LogP contribution in [0.2, 0.25) is 0 Å². The summed E-state index contributed by atoms with van der Waals surface area (Å²) in [5, 5.41) is 0. The Morgan fingerprint density at radius 1 is 1.16 bits per heavy atom. The van der Waals surface area contributed by atoms with Crippen molar-refractivity contribution in [3.05, 3.63) is 35.6 Å². The van der Waals surface area contributed by atoms with Crippen LogP contribution < -0.4 is 5.73 Å². The van der Waals surface area contributed by atoms with Crippen molar-refractivity contribution in [3.63, 3.8) is 0 Å². The fourth-order valence-electron chi connectivity index (χ4n) is 2.95. The van der Waals surface area contributed by atoms with E-state index in [1.165, 1.54) is 31.7 Å². The van der Waals surface area contributed by atoms with Gasteiger partial charge in [-0.3, -0.25) is 0 Å². The molecule has 1 aromatic rings. The van der Waals surface area contributed by atoms with E-state index in [-0.39, 0.29) is 5.82 Å². The van der Waals surface area contributed by atoms with Crippen LogP contribution >= 0.6 is 0 Å². The first-order chi connectivity index (χ1) is 9.15. The van der Waals surface area contributed by atoms with E-state index < -0.39 is 5.54 Å². The molecule has 1 aliphatic rings. The quantitative estimate of drug-likeness (QED) is 0.904.